The molecule has 1 saturated heterocycles. The third-order valence-electron chi connectivity index (χ3n) is 3.39. The molecule has 102 valence electrons. The molecule has 18 heavy (non-hydrogen) atoms. The van der Waals surface area contributed by atoms with Gasteiger partial charge in [-0.15, -0.1) is 11.3 Å². The van der Waals surface area contributed by atoms with Crippen molar-refractivity contribution in [3.05, 3.63) is 16.6 Å². The van der Waals surface area contributed by atoms with Crippen LogP contribution in [0, 0.1) is 5.92 Å². The summed E-state index contributed by atoms with van der Waals surface area (Å²) in [6, 6.07) is 0.512. The van der Waals surface area contributed by atoms with Crippen LogP contribution in [0.3, 0.4) is 0 Å². The van der Waals surface area contributed by atoms with Gasteiger partial charge in [-0.3, -0.25) is 0 Å². The molecule has 0 saturated carbocycles. The Bertz CT molecular complexity index is 331. The molecule has 0 amide bonds. The number of nitrogens with zero attached hydrogens (tertiary/aromatic N) is 1. The Labute approximate surface area is 113 Å². The Hall–Kier alpha value is -0.490. The largest absolute Gasteiger partial charge is 0.379 e. The molecule has 1 aliphatic rings. The number of nitrogens with one attached hydrogen (secondary N) is 2. The molecule has 1 aromatic rings. The van der Waals surface area contributed by atoms with Gasteiger partial charge in [0.25, 0.3) is 0 Å². The second-order valence-corrected chi connectivity index (χ2v) is 5.82. The Balaban J connectivity index is 1.68. The summed E-state index contributed by atoms with van der Waals surface area (Å²) >= 11 is 1.73. The van der Waals surface area contributed by atoms with Gasteiger partial charge in [0.15, 0.2) is 0 Å². The van der Waals surface area contributed by atoms with Gasteiger partial charge in [0.05, 0.1) is 18.2 Å². The second kappa shape index (κ2) is 7.19. The van der Waals surface area contributed by atoms with E-state index < -0.39 is 0 Å². The van der Waals surface area contributed by atoms with E-state index in [4.69, 9.17) is 4.74 Å². The van der Waals surface area contributed by atoms with Gasteiger partial charge in [-0.05, 0) is 6.54 Å². The lowest BCUT2D eigenvalue weighted by Gasteiger charge is -2.19. The zero-order valence-electron chi connectivity index (χ0n) is 11.2. The quantitative estimate of drug-likeness (QED) is 0.787. The summed E-state index contributed by atoms with van der Waals surface area (Å²) < 4.78 is 5.54. The van der Waals surface area contributed by atoms with Crippen LogP contribution in [0.25, 0.3) is 0 Å². The number of likely N-dealkylation sites (N-methyl/N-ethyl adjacent to an activating group) is 1. The maximum atomic E-state index is 5.54. The van der Waals surface area contributed by atoms with E-state index in [0.717, 1.165) is 32.8 Å². The minimum Gasteiger partial charge on any atom is -0.379 e. The molecule has 3 unspecified atom stereocenters. The highest BCUT2D eigenvalue weighted by atomic mass is 32.1. The lowest BCUT2D eigenvalue weighted by molar-refractivity contribution is 0.182. The Kier molecular flexibility index (Phi) is 5.56. The number of aromatic nitrogens is 1. The molecule has 4 nitrogen and oxygen atoms in total. The predicted molar refractivity (Wildman–Crippen MR) is 75.2 cm³/mol. The van der Waals surface area contributed by atoms with E-state index in [0.29, 0.717) is 17.9 Å². The molecule has 0 aromatic carbocycles. The average Bonchev–Trinajstić information content (AvgIpc) is 3.01. The van der Waals surface area contributed by atoms with Crippen molar-refractivity contribution in [2.24, 2.45) is 5.92 Å². The summed E-state index contributed by atoms with van der Waals surface area (Å²) in [6.45, 7) is 9.11. The van der Waals surface area contributed by atoms with Gasteiger partial charge in [0, 0.05) is 42.5 Å². The van der Waals surface area contributed by atoms with Crippen molar-refractivity contribution >= 4 is 11.3 Å². The second-order valence-electron chi connectivity index (χ2n) is 4.89. The summed E-state index contributed by atoms with van der Waals surface area (Å²) in [5.41, 5.74) is 0. The Morgan fingerprint density at radius 1 is 1.56 bits per heavy atom. The van der Waals surface area contributed by atoms with Gasteiger partial charge in [0.1, 0.15) is 0 Å². The van der Waals surface area contributed by atoms with Crippen LogP contribution < -0.4 is 10.6 Å². The molecule has 3 atom stereocenters. The fourth-order valence-electron chi connectivity index (χ4n) is 2.34. The molecule has 0 spiro atoms. The molecular formula is C13H23N3OS. The zero-order chi connectivity index (χ0) is 12.8. The van der Waals surface area contributed by atoms with Gasteiger partial charge in [0.2, 0.25) is 0 Å². The average molecular weight is 269 g/mol. The molecule has 5 heteroatoms. The standard InChI is InChI=1S/C13H23N3OS/c1-3-15-12-9-17-8-11(12)7-14-6-10(2)13-16-4-5-18-13/h4-5,10-12,14-15H,3,6-9H2,1-2H3. The van der Waals surface area contributed by atoms with Crippen molar-refractivity contribution in [1.29, 1.82) is 0 Å². The number of ether oxygens (including phenoxy) is 1. The van der Waals surface area contributed by atoms with E-state index in [9.17, 15) is 0 Å². The van der Waals surface area contributed by atoms with E-state index in [1.807, 2.05) is 11.6 Å². The molecule has 1 aromatic heterocycles. The fourth-order valence-corrected chi connectivity index (χ4v) is 3.04. The van der Waals surface area contributed by atoms with E-state index in [1.165, 1.54) is 5.01 Å². The molecule has 2 heterocycles. The highest BCUT2D eigenvalue weighted by Gasteiger charge is 2.26. The van der Waals surface area contributed by atoms with Crippen LogP contribution >= 0.6 is 11.3 Å². The van der Waals surface area contributed by atoms with E-state index in [-0.39, 0.29) is 0 Å². The van der Waals surface area contributed by atoms with Crippen LogP contribution in [0.2, 0.25) is 0 Å². The van der Waals surface area contributed by atoms with Gasteiger partial charge >= 0.3 is 0 Å². The zero-order valence-corrected chi connectivity index (χ0v) is 12.0. The first-order valence-corrected chi connectivity index (χ1v) is 7.60. The minimum absolute atomic E-state index is 0.491. The van der Waals surface area contributed by atoms with Crippen LogP contribution in [-0.2, 0) is 4.74 Å². The van der Waals surface area contributed by atoms with Crippen molar-refractivity contribution in [2.45, 2.75) is 25.8 Å². The molecule has 2 N–H and O–H groups in total. The number of rotatable bonds is 7. The number of hydrogen-bond acceptors (Lipinski definition) is 5. The number of thiazole rings is 1. The van der Waals surface area contributed by atoms with Crippen molar-refractivity contribution in [3.8, 4) is 0 Å². The SMILES string of the molecule is CCNC1COCC1CNCC(C)c1nccs1. The van der Waals surface area contributed by atoms with Gasteiger partial charge in [-0.2, -0.15) is 0 Å². The first kappa shape index (κ1) is 13.9. The molecule has 0 bridgehead atoms. The Morgan fingerprint density at radius 2 is 2.44 bits per heavy atom. The maximum absolute atomic E-state index is 5.54. The highest BCUT2D eigenvalue weighted by molar-refractivity contribution is 7.09. The van der Waals surface area contributed by atoms with Crippen molar-refractivity contribution in [2.75, 3.05) is 32.8 Å². The van der Waals surface area contributed by atoms with Crippen LogP contribution in [0.4, 0.5) is 0 Å². The normalized spacial score (nSPS) is 25.4. The number of hydrogen-bond donors (Lipinski definition) is 2. The lowest BCUT2D eigenvalue weighted by atomic mass is 10.0. The van der Waals surface area contributed by atoms with Crippen molar-refractivity contribution < 1.29 is 4.74 Å². The van der Waals surface area contributed by atoms with Gasteiger partial charge in [-0.1, -0.05) is 13.8 Å². The topological polar surface area (TPSA) is 46.2 Å². The lowest BCUT2D eigenvalue weighted by Crippen LogP contribution is -2.40. The third kappa shape index (κ3) is 3.75. The fraction of sp³-hybridized carbons (Fsp3) is 0.769. The predicted octanol–water partition coefficient (Wildman–Crippen LogP) is 1.46. The molecule has 0 aliphatic carbocycles. The van der Waals surface area contributed by atoms with Crippen molar-refractivity contribution in [3.63, 3.8) is 0 Å². The first-order valence-electron chi connectivity index (χ1n) is 6.72. The van der Waals surface area contributed by atoms with Crippen LogP contribution in [-0.4, -0.2) is 43.9 Å². The van der Waals surface area contributed by atoms with Crippen LogP contribution in [0.15, 0.2) is 11.6 Å². The molecular weight excluding hydrogens is 246 g/mol. The van der Waals surface area contributed by atoms with Crippen molar-refractivity contribution in [1.82, 2.24) is 15.6 Å². The smallest absolute Gasteiger partial charge is 0.0965 e. The molecule has 1 fully saturated rings. The van der Waals surface area contributed by atoms with E-state index in [1.54, 1.807) is 11.3 Å². The summed E-state index contributed by atoms with van der Waals surface area (Å²) in [5, 5.41) is 10.3. The monoisotopic (exact) mass is 269 g/mol. The first-order chi connectivity index (χ1) is 8.81. The van der Waals surface area contributed by atoms with Gasteiger partial charge in [-0.25, -0.2) is 4.98 Å². The highest BCUT2D eigenvalue weighted by Crippen LogP contribution is 2.17. The van der Waals surface area contributed by atoms with Gasteiger partial charge < -0.3 is 15.4 Å². The maximum Gasteiger partial charge on any atom is 0.0965 e. The van der Waals surface area contributed by atoms with Crippen LogP contribution in [0.5, 0.6) is 0 Å². The third-order valence-corrected chi connectivity index (χ3v) is 4.40. The summed E-state index contributed by atoms with van der Waals surface area (Å²) in [6.07, 6.45) is 1.88. The molecule has 1 aliphatic heterocycles. The Morgan fingerprint density at radius 3 is 3.17 bits per heavy atom. The summed E-state index contributed by atoms with van der Waals surface area (Å²) in [7, 11) is 0. The summed E-state index contributed by atoms with van der Waals surface area (Å²) in [5.74, 6) is 1.08. The molecule has 0 radical (unpaired) electrons. The van der Waals surface area contributed by atoms with E-state index in [2.05, 4.69) is 29.5 Å². The van der Waals surface area contributed by atoms with E-state index >= 15 is 0 Å². The summed E-state index contributed by atoms with van der Waals surface area (Å²) in [4.78, 5) is 4.35. The van der Waals surface area contributed by atoms with Crippen LogP contribution in [0.1, 0.15) is 24.8 Å². The molecule has 2 rings (SSSR count). The minimum atomic E-state index is 0.491.